The Hall–Kier alpha value is -2.18. The molecule has 1 heterocycles. The number of methoxy groups -OCH3 is 1. The Bertz CT molecular complexity index is 592. The van der Waals surface area contributed by atoms with E-state index in [-0.39, 0.29) is 17.4 Å². The van der Waals surface area contributed by atoms with E-state index in [1.165, 1.54) is 11.0 Å². The first-order valence-corrected chi connectivity index (χ1v) is 7.91. The second kappa shape index (κ2) is 8.08. The number of rotatable bonds is 7. The van der Waals surface area contributed by atoms with Crippen molar-refractivity contribution in [1.82, 2.24) is 5.32 Å². The van der Waals surface area contributed by atoms with Gasteiger partial charge in [-0.15, -0.1) is 0 Å². The van der Waals surface area contributed by atoms with Crippen molar-refractivity contribution in [2.75, 3.05) is 38.9 Å². The van der Waals surface area contributed by atoms with Gasteiger partial charge < -0.3 is 19.7 Å². The molecule has 1 aromatic rings. The molecule has 24 heavy (non-hydrogen) atoms. The predicted molar refractivity (Wildman–Crippen MR) is 92.2 cm³/mol. The van der Waals surface area contributed by atoms with Crippen LogP contribution in [0.5, 0.6) is 0 Å². The van der Waals surface area contributed by atoms with Crippen molar-refractivity contribution in [2.24, 2.45) is 0 Å². The third kappa shape index (κ3) is 4.21. The molecule has 130 valence electrons. The fraction of sp³-hybridized carbons (Fsp3) is 0.444. The van der Waals surface area contributed by atoms with Crippen LogP contribution in [-0.4, -0.2) is 51.3 Å². The largest absolute Gasteiger partial charge is 0.385 e. The summed E-state index contributed by atoms with van der Waals surface area (Å²) >= 11 is 0. The molecule has 2 rings (SSSR count). The van der Waals surface area contributed by atoms with E-state index in [4.69, 9.17) is 9.47 Å². The monoisotopic (exact) mass is 332 g/mol. The Morgan fingerprint density at radius 2 is 2.12 bits per heavy atom. The van der Waals surface area contributed by atoms with E-state index in [2.05, 4.69) is 11.9 Å². The summed E-state index contributed by atoms with van der Waals surface area (Å²) in [7, 11) is 3.31. The predicted octanol–water partition coefficient (Wildman–Crippen LogP) is 1.76. The van der Waals surface area contributed by atoms with E-state index in [9.17, 15) is 9.59 Å². The molecule has 1 unspecified atom stereocenters. The van der Waals surface area contributed by atoms with Crippen molar-refractivity contribution >= 4 is 17.5 Å². The molecule has 1 atom stereocenters. The molecule has 1 aliphatic rings. The number of hydrogen-bond donors (Lipinski definition) is 1. The summed E-state index contributed by atoms with van der Waals surface area (Å²) in [5.41, 5.74) is 0.873. The lowest BCUT2D eigenvalue weighted by Gasteiger charge is -2.28. The topological polar surface area (TPSA) is 67.9 Å². The first kappa shape index (κ1) is 18.2. The molecule has 1 aromatic carbocycles. The number of benzene rings is 1. The summed E-state index contributed by atoms with van der Waals surface area (Å²) in [5.74, 6) is -0.352. The molecular formula is C18H24N2O4. The van der Waals surface area contributed by atoms with Gasteiger partial charge in [-0.25, -0.2) is 0 Å². The normalized spacial score (nSPS) is 19.8. The first-order valence-electron chi connectivity index (χ1n) is 7.91. The number of nitrogens with zero attached hydrogens (tertiary/aromatic N) is 1. The highest BCUT2D eigenvalue weighted by Gasteiger charge is 2.36. The number of likely N-dealkylation sites (N-methyl/N-ethyl adjacent to an activating group) is 1. The number of carbonyl (C=O) groups is 2. The van der Waals surface area contributed by atoms with Gasteiger partial charge in [-0.1, -0.05) is 6.58 Å². The average molecular weight is 332 g/mol. The lowest BCUT2D eigenvalue weighted by atomic mass is 9.94. The summed E-state index contributed by atoms with van der Waals surface area (Å²) < 4.78 is 10.6. The van der Waals surface area contributed by atoms with Gasteiger partial charge in [-0.05, 0) is 43.2 Å². The summed E-state index contributed by atoms with van der Waals surface area (Å²) in [5, 5.41) is 3.09. The third-order valence-corrected chi connectivity index (χ3v) is 4.29. The molecule has 1 saturated heterocycles. The van der Waals surface area contributed by atoms with E-state index < -0.39 is 0 Å². The number of ether oxygens (including phenoxy) is 2. The van der Waals surface area contributed by atoms with Crippen LogP contribution in [0, 0.1) is 0 Å². The molecule has 1 N–H and O–H groups in total. The summed E-state index contributed by atoms with van der Waals surface area (Å²) in [6.07, 6.45) is 2.74. The minimum atomic E-state index is -0.374. The molecule has 0 spiro atoms. The van der Waals surface area contributed by atoms with Gasteiger partial charge in [-0.2, -0.15) is 0 Å². The molecule has 1 aliphatic heterocycles. The van der Waals surface area contributed by atoms with E-state index in [1.807, 2.05) is 0 Å². The number of anilines is 1. The molecule has 0 aromatic heterocycles. The van der Waals surface area contributed by atoms with Crippen LogP contribution in [0.2, 0.25) is 0 Å². The molecule has 1 fully saturated rings. The van der Waals surface area contributed by atoms with Gasteiger partial charge in [0.15, 0.2) is 0 Å². The lowest BCUT2D eigenvalue weighted by Crippen LogP contribution is -2.49. The van der Waals surface area contributed by atoms with Gasteiger partial charge in [0.05, 0.1) is 12.1 Å². The maximum atomic E-state index is 12.5. The highest BCUT2D eigenvalue weighted by atomic mass is 16.5. The molecule has 6 nitrogen and oxygen atoms in total. The van der Waals surface area contributed by atoms with Gasteiger partial charge in [-0.3, -0.25) is 9.59 Å². The first-order chi connectivity index (χ1) is 11.5. The van der Waals surface area contributed by atoms with Gasteiger partial charge in [0.25, 0.3) is 5.91 Å². The smallest absolute Gasteiger partial charge is 0.251 e. The molecule has 0 bridgehead atoms. The fourth-order valence-electron chi connectivity index (χ4n) is 2.68. The highest BCUT2D eigenvalue weighted by Crippen LogP contribution is 2.24. The Morgan fingerprint density at radius 3 is 2.67 bits per heavy atom. The van der Waals surface area contributed by atoms with Crippen LogP contribution in [0.3, 0.4) is 0 Å². The zero-order chi connectivity index (χ0) is 17.6. The van der Waals surface area contributed by atoms with Gasteiger partial charge >= 0.3 is 0 Å². The highest BCUT2D eigenvalue weighted by molar-refractivity contribution is 6.01. The zero-order valence-electron chi connectivity index (χ0n) is 14.2. The van der Waals surface area contributed by atoms with Crippen molar-refractivity contribution < 1.29 is 19.1 Å². The molecule has 0 aliphatic carbocycles. The minimum absolute atomic E-state index is 0.152. The Morgan fingerprint density at radius 1 is 1.42 bits per heavy atom. The Balaban J connectivity index is 2.06. The number of nitrogens with one attached hydrogen (secondary N) is 1. The van der Waals surface area contributed by atoms with Crippen LogP contribution in [0.4, 0.5) is 5.69 Å². The van der Waals surface area contributed by atoms with Crippen molar-refractivity contribution in [1.29, 1.82) is 0 Å². The summed E-state index contributed by atoms with van der Waals surface area (Å²) in [6, 6.07) is 6.89. The van der Waals surface area contributed by atoms with Crippen LogP contribution in [0.15, 0.2) is 36.9 Å². The van der Waals surface area contributed by atoms with Gasteiger partial charge in [0.1, 0.15) is 0 Å². The van der Waals surface area contributed by atoms with Gasteiger partial charge in [0.2, 0.25) is 5.91 Å². The van der Waals surface area contributed by atoms with E-state index in [1.54, 1.807) is 38.4 Å². The zero-order valence-corrected chi connectivity index (χ0v) is 14.2. The number of hydrogen-bond acceptors (Lipinski definition) is 4. The van der Waals surface area contributed by atoms with Crippen molar-refractivity contribution in [2.45, 2.75) is 18.4 Å². The average Bonchev–Trinajstić information content (AvgIpc) is 3.07. The molecule has 2 amide bonds. The Labute approximate surface area is 142 Å². The van der Waals surface area contributed by atoms with E-state index in [0.717, 1.165) is 6.42 Å². The van der Waals surface area contributed by atoms with Gasteiger partial charge in [0, 0.05) is 38.6 Å². The quantitative estimate of drug-likeness (QED) is 0.773. The van der Waals surface area contributed by atoms with Crippen molar-refractivity contribution in [3.8, 4) is 0 Å². The number of amides is 2. The maximum Gasteiger partial charge on any atom is 0.251 e. The number of carbonyl (C=O) groups excluding carboxylic acids is 2. The fourth-order valence-corrected chi connectivity index (χ4v) is 2.68. The SMILES string of the molecule is C=CC(=O)N(C)c1ccc(C(=O)NC2(CCOC)CCOC2)cc1. The van der Waals surface area contributed by atoms with Crippen molar-refractivity contribution in [3.05, 3.63) is 42.5 Å². The van der Waals surface area contributed by atoms with Crippen LogP contribution < -0.4 is 10.2 Å². The minimum Gasteiger partial charge on any atom is -0.385 e. The summed E-state index contributed by atoms with van der Waals surface area (Å²) in [4.78, 5) is 25.6. The van der Waals surface area contributed by atoms with Crippen LogP contribution in [0.1, 0.15) is 23.2 Å². The van der Waals surface area contributed by atoms with Crippen LogP contribution >= 0.6 is 0 Å². The second-order valence-corrected chi connectivity index (χ2v) is 5.93. The van der Waals surface area contributed by atoms with Crippen LogP contribution in [-0.2, 0) is 14.3 Å². The summed E-state index contributed by atoms with van der Waals surface area (Å²) in [6.45, 7) is 5.16. The Kier molecular flexibility index (Phi) is 6.11. The van der Waals surface area contributed by atoms with E-state index in [0.29, 0.717) is 37.5 Å². The van der Waals surface area contributed by atoms with E-state index >= 15 is 0 Å². The standard InChI is InChI=1S/C18H24N2O4/c1-4-16(21)20(2)15-7-5-14(6-8-15)17(22)19-18(9-11-23-3)10-12-24-13-18/h4-8H,1,9-13H2,2-3H3,(H,19,22). The van der Waals surface area contributed by atoms with Crippen LogP contribution in [0.25, 0.3) is 0 Å². The molecule has 0 radical (unpaired) electrons. The second-order valence-electron chi connectivity index (χ2n) is 5.93. The molecular weight excluding hydrogens is 308 g/mol. The molecule has 6 heteroatoms. The molecule has 0 saturated carbocycles. The lowest BCUT2D eigenvalue weighted by molar-refractivity contribution is -0.113. The maximum absolute atomic E-state index is 12.5. The third-order valence-electron chi connectivity index (χ3n) is 4.29. The van der Waals surface area contributed by atoms with Crippen molar-refractivity contribution in [3.63, 3.8) is 0 Å².